The van der Waals surface area contributed by atoms with Gasteiger partial charge >= 0.3 is 0 Å². The highest BCUT2D eigenvalue weighted by Gasteiger charge is 2.29. The van der Waals surface area contributed by atoms with Crippen LogP contribution in [-0.2, 0) is 0 Å². The first-order valence-corrected chi connectivity index (χ1v) is 8.12. The number of aliphatic hydroxyl groups excluding tert-OH is 1. The second kappa shape index (κ2) is 5.66. The maximum Gasteiger partial charge on any atom is 0.263 e. The molecule has 1 aliphatic carbocycles. The van der Waals surface area contributed by atoms with Gasteiger partial charge < -0.3 is 16.2 Å². The van der Waals surface area contributed by atoms with Crippen molar-refractivity contribution in [1.82, 2.24) is 5.32 Å². The molecule has 4 nitrogen and oxygen atoms in total. The van der Waals surface area contributed by atoms with Crippen LogP contribution in [0, 0.1) is 12.8 Å². The summed E-state index contributed by atoms with van der Waals surface area (Å²) >= 11 is 1.45. The molecule has 1 aliphatic rings. The number of carbonyl (C=O) groups is 1. The van der Waals surface area contributed by atoms with Crippen molar-refractivity contribution in [3.05, 3.63) is 28.6 Å². The van der Waals surface area contributed by atoms with E-state index in [1.165, 1.54) is 11.3 Å². The van der Waals surface area contributed by atoms with Crippen LogP contribution in [0.3, 0.4) is 0 Å². The fourth-order valence-corrected chi connectivity index (χ4v) is 4.22. The van der Waals surface area contributed by atoms with E-state index < -0.39 is 0 Å². The largest absolute Gasteiger partial charge is 0.397 e. The number of aryl methyl sites for hydroxylation is 1. The first kappa shape index (κ1) is 14.4. The molecule has 0 spiro atoms. The summed E-state index contributed by atoms with van der Waals surface area (Å²) in [6, 6.07) is 6.00. The molecule has 1 aromatic carbocycles. The number of hydrogen-bond acceptors (Lipinski definition) is 4. The van der Waals surface area contributed by atoms with Gasteiger partial charge in [-0.25, -0.2) is 0 Å². The zero-order valence-electron chi connectivity index (χ0n) is 12.1. The summed E-state index contributed by atoms with van der Waals surface area (Å²) < 4.78 is 1.07. The van der Waals surface area contributed by atoms with E-state index in [4.69, 9.17) is 5.73 Å². The third-order valence-corrected chi connectivity index (χ3v) is 5.72. The Balaban J connectivity index is 1.88. The van der Waals surface area contributed by atoms with Crippen molar-refractivity contribution in [1.29, 1.82) is 0 Å². The maximum absolute atomic E-state index is 12.5. The van der Waals surface area contributed by atoms with Crippen molar-refractivity contribution in [3.8, 4) is 0 Å². The summed E-state index contributed by atoms with van der Waals surface area (Å²) in [5, 5.41) is 13.4. The fourth-order valence-electron chi connectivity index (χ4n) is 3.13. The van der Waals surface area contributed by atoms with E-state index in [1.807, 2.05) is 25.1 Å². The highest BCUT2D eigenvalue weighted by atomic mass is 32.1. The van der Waals surface area contributed by atoms with E-state index in [1.54, 1.807) is 0 Å². The second-order valence-electron chi connectivity index (χ2n) is 5.75. The smallest absolute Gasteiger partial charge is 0.263 e. The minimum Gasteiger partial charge on any atom is -0.397 e. The molecule has 1 amide bonds. The lowest BCUT2D eigenvalue weighted by Gasteiger charge is -2.18. The summed E-state index contributed by atoms with van der Waals surface area (Å²) in [5.41, 5.74) is 7.85. The van der Waals surface area contributed by atoms with E-state index in [9.17, 15) is 9.90 Å². The summed E-state index contributed by atoms with van der Waals surface area (Å²) in [7, 11) is 0. The van der Waals surface area contributed by atoms with E-state index >= 15 is 0 Å². The van der Waals surface area contributed by atoms with Crippen LogP contribution in [0.4, 0.5) is 5.69 Å². The van der Waals surface area contributed by atoms with Crippen molar-refractivity contribution in [2.75, 3.05) is 12.3 Å². The number of aliphatic hydroxyl groups is 1. The molecule has 112 valence electrons. The van der Waals surface area contributed by atoms with E-state index in [0.29, 0.717) is 10.6 Å². The molecule has 0 aliphatic heterocycles. The number of nitrogens with two attached hydrogens (primary N) is 1. The van der Waals surface area contributed by atoms with Gasteiger partial charge in [0.25, 0.3) is 5.91 Å². The Labute approximate surface area is 128 Å². The topological polar surface area (TPSA) is 75.4 Å². The molecule has 2 atom stereocenters. The van der Waals surface area contributed by atoms with E-state index in [0.717, 1.165) is 34.9 Å². The number of rotatable bonds is 3. The predicted octanol–water partition coefficient (Wildman–Crippen LogP) is 2.68. The Bertz CT molecular complexity index is 680. The minimum absolute atomic E-state index is 0.0632. The van der Waals surface area contributed by atoms with Crippen LogP contribution < -0.4 is 11.1 Å². The van der Waals surface area contributed by atoms with Crippen LogP contribution in [0.15, 0.2) is 18.2 Å². The Hall–Kier alpha value is -1.59. The van der Waals surface area contributed by atoms with Gasteiger partial charge in [-0.2, -0.15) is 0 Å². The molecule has 3 rings (SSSR count). The summed E-state index contributed by atoms with van der Waals surface area (Å²) in [6.07, 6.45) is 2.96. The zero-order chi connectivity index (χ0) is 15.0. The number of nitrogens with one attached hydrogen (secondary N) is 1. The average Bonchev–Trinajstić information content (AvgIpc) is 3.05. The number of amides is 1. The fraction of sp³-hybridized carbons (Fsp3) is 0.438. The van der Waals surface area contributed by atoms with Crippen LogP contribution in [0.1, 0.15) is 34.5 Å². The lowest BCUT2D eigenvalue weighted by atomic mass is 10.1. The molecule has 0 saturated heterocycles. The zero-order valence-corrected chi connectivity index (χ0v) is 12.9. The molecule has 1 aromatic heterocycles. The standard InChI is InChI=1S/C16H20N2O2S/c1-9-4-2-6-11-13(17)15(21-14(9)11)16(20)18-12-7-3-5-10(12)8-19/h2,4,6,10,12,19H,3,5,7-8,17H2,1H3,(H,18,20). The van der Waals surface area contributed by atoms with Gasteiger partial charge in [-0.05, 0) is 25.3 Å². The Morgan fingerprint density at radius 3 is 3.00 bits per heavy atom. The summed E-state index contributed by atoms with van der Waals surface area (Å²) in [5.74, 6) is 0.0599. The lowest BCUT2D eigenvalue weighted by molar-refractivity contribution is 0.0921. The first-order valence-electron chi connectivity index (χ1n) is 7.31. The van der Waals surface area contributed by atoms with E-state index in [2.05, 4.69) is 5.32 Å². The molecule has 2 aromatic rings. The lowest BCUT2D eigenvalue weighted by Crippen LogP contribution is -2.38. The SMILES string of the molecule is Cc1cccc2c(N)c(C(=O)NC3CCCC3CO)sc12. The van der Waals surface area contributed by atoms with Gasteiger partial charge in [0.05, 0.1) is 5.69 Å². The molecule has 4 N–H and O–H groups in total. The van der Waals surface area contributed by atoms with Crippen LogP contribution in [-0.4, -0.2) is 23.7 Å². The normalized spacial score (nSPS) is 21.8. The van der Waals surface area contributed by atoms with E-state index in [-0.39, 0.29) is 24.5 Å². The third kappa shape index (κ3) is 2.51. The molecule has 21 heavy (non-hydrogen) atoms. The first-order chi connectivity index (χ1) is 10.1. The molecule has 2 unspecified atom stereocenters. The second-order valence-corrected chi connectivity index (χ2v) is 6.77. The van der Waals surface area contributed by atoms with Crippen molar-refractivity contribution < 1.29 is 9.90 Å². The number of carbonyl (C=O) groups excluding carboxylic acids is 1. The monoisotopic (exact) mass is 304 g/mol. The molecule has 5 heteroatoms. The Kier molecular flexibility index (Phi) is 3.87. The van der Waals surface area contributed by atoms with Gasteiger partial charge in [0.15, 0.2) is 0 Å². The van der Waals surface area contributed by atoms with Gasteiger partial charge in [0.1, 0.15) is 4.88 Å². The highest BCUT2D eigenvalue weighted by Crippen LogP contribution is 2.36. The average molecular weight is 304 g/mol. The molecule has 1 saturated carbocycles. The van der Waals surface area contributed by atoms with Crippen molar-refractivity contribution in [2.24, 2.45) is 5.92 Å². The summed E-state index contributed by atoms with van der Waals surface area (Å²) in [6.45, 7) is 2.16. The molecular weight excluding hydrogens is 284 g/mol. The number of fused-ring (bicyclic) bond motifs is 1. The number of thiophene rings is 1. The Morgan fingerprint density at radius 2 is 2.29 bits per heavy atom. The molecule has 1 fully saturated rings. The van der Waals surface area contributed by atoms with Crippen molar-refractivity contribution >= 4 is 33.0 Å². The van der Waals surface area contributed by atoms with Crippen LogP contribution in [0.25, 0.3) is 10.1 Å². The van der Waals surface area contributed by atoms with Crippen molar-refractivity contribution in [2.45, 2.75) is 32.2 Å². The number of benzene rings is 1. The van der Waals surface area contributed by atoms with Crippen molar-refractivity contribution in [3.63, 3.8) is 0 Å². The van der Waals surface area contributed by atoms with Crippen LogP contribution in [0.5, 0.6) is 0 Å². The van der Waals surface area contributed by atoms with Gasteiger partial charge in [-0.3, -0.25) is 4.79 Å². The maximum atomic E-state index is 12.5. The van der Waals surface area contributed by atoms with Gasteiger partial charge in [-0.15, -0.1) is 11.3 Å². The number of nitrogen functional groups attached to an aromatic ring is 1. The van der Waals surface area contributed by atoms with Crippen LogP contribution in [0.2, 0.25) is 0 Å². The molecule has 1 heterocycles. The quantitative estimate of drug-likeness (QED) is 0.816. The van der Waals surface area contributed by atoms with Gasteiger partial charge in [-0.1, -0.05) is 24.6 Å². The highest BCUT2D eigenvalue weighted by molar-refractivity contribution is 7.21. The molecule has 0 bridgehead atoms. The molecular formula is C16H20N2O2S. The van der Waals surface area contributed by atoms with Gasteiger partial charge in [0, 0.05) is 28.7 Å². The minimum atomic E-state index is -0.113. The summed E-state index contributed by atoms with van der Waals surface area (Å²) in [4.78, 5) is 13.1. The predicted molar refractivity (Wildman–Crippen MR) is 86.7 cm³/mol. The molecule has 0 radical (unpaired) electrons. The Morgan fingerprint density at radius 1 is 1.48 bits per heavy atom. The number of hydrogen-bond donors (Lipinski definition) is 3. The van der Waals surface area contributed by atoms with Crippen LogP contribution >= 0.6 is 11.3 Å². The van der Waals surface area contributed by atoms with Gasteiger partial charge in [0.2, 0.25) is 0 Å². The number of anilines is 1. The third-order valence-electron chi connectivity index (χ3n) is 4.37.